The van der Waals surface area contributed by atoms with Crippen LogP contribution >= 0.6 is 0 Å². The van der Waals surface area contributed by atoms with Gasteiger partial charge in [0.15, 0.2) is 0 Å². The van der Waals surface area contributed by atoms with Crippen molar-refractivity contribution in [1.29, 1.82) is 0 Å². The second-order valence-corrected chi connectivity index (χ2v) is 6.99. The van der Waals surface area contributed by atoms with Crippen LogP contribution in [0.4, 0.5) is 0 Å². The molecule has 2 aliphatic heterocycles. The summed E-state index contributed by atoms with van der Waals surface area (Å²) in [5.74, 6) is 0.272. The van der Waals surface area contributed by atoms with Crippen LogP contribution in [0.15, 0.2) is 0 Å². The van der Waals surface area contributed by atoms with E-state index >= 15 is 0 Å². The molecule has 2 heterocycles. The minimum absolute atomic E-state index is 0.140. The zero-order valence-electron chi connectivity index (χ0n) is 10.4. The largest absolute Gasteiger partial charge is 0.372 e. The second kappa shape index (κ2) is 5.65. The van der Waals surface area contributed by atoms with Crippen LogP contribution in [0, 0.1) is 0 Å². The summed E-state index contributed by atoms with van der Waals surface area (Å²) < 4.78 is 31.5. The molecule has 0 aromatic heterocycles. The van der Waals surface area contributed by atoms with Crippen LogP contribution in [0.25, 0.3) is 0 Å². The summed E-state index contributed by atoms with van der Waals surface area (Å²) in [6, 6.07) is 0. The highest BCUT2D eigenvalue weighted by atomic mass is 32.2. The Labute approximate surface area is 104 Å². The van der Waals surface area contributed by atoms with Crippen LogP contribution in [0.2, 0.25) is 0 Å². The van der Waals surface area contributed by atoms with Gasteiger partial charge in [-0.15, -0.1) is 0 Å². The van der Waals surface area contributed by atoms with Crippen molar-refractivity contribution < 1.29 is 13.2 Å². The van der Waals surface area contributed by atoms with Crippen LogP contribution < -0.4 is 5.32 Å². The molecule has 5 nitrogen and oxygen atoms in total. The Morgan fingerprint density at radius 2 is 1.88 bits per heavy atom. The summed E-state index contributed by atoms with van der Waals surface area (Å²) >= 11 is 0. The quantitative estimate of drug-likeness (QED) is 0.694. The fraction of sp³-hybridized carbons (Fsp3) is 1.00. The number of ether oxygens (including phenoxy) is 1. The van der Waals surface area contributed by atoms with Gasteiger partial charge >= 0.3 is 0 Å². The molecule has 2 unspecified atom stereocenters. The summed E-state index contributed by atoms with van der Waals surface area (Å²) in [5.41, 5.74) is 0. The van der Waals surface area contributed by atoms with E-state index in [1.807, 2.05) is 7.05 Å². The third kappa shape index (κ3) is 3.40. The van der Waals surface area contributed by atoms with Crippen molar-refractivity contribution in [1.82, 2.24) is 9.62 Å². The Morgan fingerprint density at radius 1 is 1.24 bits per heavy atom. The monoisotopic (exact) mass is 262 g/mol. The Balaban J connectivity index is 1.83. The fourth-order valence-electron chi connectivity index (χ4n) is 2.52. The van der Waals surface area contributed by atoms with Gasteiger partial charge in [0.1, 0.15) is 0 Å². The molecule has 0 amide bonds. The minimum atomic E-state index is -3.06. The summed E-state index contributed by atoms with van der Waals surface area (Å²) in [4.78, 5) is 0. The van der Waals surface area contributed by atoms with Crippen molar-refractivity contribution in [2.75, 3.05) is 32.4 Å². The molecule has 0 aromatic carbocycles. The van der Waals surface area contributed by atoms with Gasteiger partial charge in [0, 0.05) is 13.1 Å². The highest BCUT2D eigenvalue weighted by Gasteiger charge is 2.38. The highest BCUT2D eigenvalue weighted by Crippen LogP contribution is 2.27. The lowest BCUT2D eigenvalue weighted by Crippen LogP contribution is -2.46. The van der Waals surface area contributed by atoms with Crippen molar-refractivity contribution in [3.05, 3.63) is 0 Å². The van der Waals surface area contributed by atoms with Gasteiger partial charge in [-0.25, -0.2) is 8.42 Å². The molecule has 0 spiro atoms. The molecule has 100 valence electrons. The molecular formula is C11H22N2O3S. The van der Waals surface area contributed by atoms with Crippen LogP contribution in [0.1, 0.15) is 25.7 Å². The highest BCUT2D eigenvalue weighted by molar-refractivity contribution is 7.89. The molecule has 2 fully saturated rings. The average molecular weight is 262 g/mol. The maximum absolute atomic E-state index is 12.1. The minimum Gasteiger partial charge on any atom is -0.372 e. The van der Waals surface area contributed by atoms with Crippen LogP contribution in [-0.2, 0) is 14.8 Å². The van der Waals surface area contributed by atoms with Gasteiger partial charge in [0.05, 0.1) is 18.0 Å². The van der Waals surface area contributed by atoms with Crippen molar-refractivity contribution in [2.45, 2.75) is 37.9 Å². The first-order valence-electron chi connectivity index (χ1n) is 6.39. The topological polar surface area (TPSA) is 58.6 Å². The lowest BCUT2D eigenvalue weighted by molar-refractivity contribution is -0.0114. The van der Waals surface area contributed by atoms with Crippen LogP contribution in [-0.4, -0.2) is 57.4 Å². The first-order valence-corrected chi connectivity index (χ1v) is 8.00. The average Bonchev–Trinajstić information content (AvgIpc) is 2.64. The number of nitrogens with one attached hydrogen (secondary N) is 1. The molecule has 0 aliphatic carbocycles. The molecule has 0 saturated carbocycles. The number of rotatable bonds is 6. The maximum atomic E-state index is 12.1. The van der Waals surface area contributed by atoms with Gasteiger partial charge in [-0.05, 0) is 39.3 Å². The number of hydrogen-bond donors (Lipinski definition) is 1. The number of fused-ring (bicyclic) bond motifs is 2. The van der Waals surface area contributed by atoms with E-state index in [-0.39, 0.29) is 18.0 Å². The second-order valence-electron chi connectivity index (χ2n) is 4.90. The first-order chi connectivity index (χ1) is 8.12. The van der Waals surface area contributed by atoms with E-state index in [1.54, 1.807) is 4.31 Å². The number of nitrogens with zero attached hydrogens (tertiary/aromatic N) is 1. The fourth-order valence-corrected chi connectivity index (χ4v) is 4.13. The Bertz CT molecular complexity index is 333. The molecule has 6 heteroatoms. The van der Waals surface area contributed by atoms with Crippen LogP contribution in [0.5, 0.6) is 0 Å². The van der Waals surface area contributed by atoms with Gasteiger partial charge in [-0.3, -0.25) is 0 Å². The summed E-state index contributed by atoms with van der Waals surface area (Å²) in [7, 11) is -1.18. The Hall–Kier alpha value is -0.170. The van der Waals surface area contributed by atoms with E-state index in [0.29, 0.717) is 13.1 Å². The SMILES string of the molecule is CNCCCCS(=O)(=O)N1CC2CCC(C1)O2. The number of morpholine rings is 1. The molecule has 0 radical (unpaired) electrons. The van der Waals surface area contributed by atoms with Crippen LogP contribution in [0.3, 0.4) is 0 Å². The molecule has 0 aromatic rings. The van der Waals surface area contributed by atoms with Gasteiger partial charge in [0.25, 0.3) is 0 Å². The Kier molecular flexibility index (Phi) is 4.41. The number of hydrogen-bond acceptors (Lipinski definition) is 4. The normalized spacial score (nSPS) is 29.7. The van der Waals surface area contributed by atoms with Crippen molar-refractivity contribution in [3.63, 3.8) is 0 Å². The lowest BCUT2D eigenvalue weighted by atomic mass is 10.2. The third-order valence-electron chi connectivity index (χ3n) is 3.48. The molecule has 2 rings (SSSR count). The third-order valence-corrected chi connectivity index (χ3v) is 5.37. The van der Waals surface area contributed by atoms with Gasteiger partial charge < -0.3 is 10.1 Å². The predicted molar refractivity (Wildman–Crippen MR) is 66.4 cm³/mol. The van der Waals surface area contributed by atoms with E-state index in [1.165, 1.54) is 0 Å². The molecule has 2 aliphatic rings. The standard InChI is InChI=1S/C11H22N2O3S/c1-12-6-2-3-7-17(14,15)13-8-10-4-5-11(9-13)16-10/h10-12H,2-9H2,1H3. The smallest absolute Gasteiger partial charge is 0.214 e. The van der Waals surface area contributed by atoms with E-state index in [2.05, 4.69) is 5.32 Å². The predicted octanol–water partition coefficient (Wildman–Crippen LogP) is 0.179. The van der Waals surface area contributed by atoms with Crippen molar-refractivity contribution in [2.24, 2.45) is 0 Å². The summed E-state index contributed by atoms with van der Waals surface area (Å²) in [6.45, 7) is 2.00. The molecule has 17 heavy (non-hydrogen) atoms. The van der Waals surface area contributed by atoms with E-state index in [4.69, 9.17) is 4.74 Å². The number of unbranched alkanes of at least 4 members (excludes halogenated alkanes) is 1. The summed E-state index contributed by atoms with van der Waals surface area (Å²) in [5, 5.41) is 3.03. The summed E-state index contributed by atoms with van der Waals surface area (Å²) in [6.07, 6.45) is 3.94. The van der Waals surface area contributed by atoms with Crippen molar-refractivity contribution in [3.8, 4) is 0 Å². The van der Waals surface area contributed by atoms with E-state index in [9.17, 15) is 8.42 Å². The maximum Gasteiger partial charge on any atom is 0.214 e. The number of sulfonamides is 1. The zero-order chi connectivity index (χ0) is 12.3. The molecule has 2 atom stereocenters. The van der Waals surface area contributed by atoms with Gasteiger partial charge in [-0.1, -0.05) is 0 Å². The molecule has 2 bridgehead atoms. The Morgan fingerprint density at radius 3 is 2.47 bits per heavy atom. The molecular weight excluding hydrogens is 240 g/mol. The first kappa shape index (κ1) is 13.3. The van der Waals surface area contributed by atoms with Crippen molar-refractivity contribution >= 4 is 10.0 Å². The van der Waals surface area contributed by atoms with Gasteiger partial charge in [-0.2, -0.15) is 4.31 Å². The van der Waals surface area contributed by atoms with Gasteiger partial charge in [0.2, 0.25) is 10.0 Å². The zero-order valence-corrected chi connectivity index (χ0v) is 11.2. The molecule has 2 saturated heterocycles. The van der Waals surface area contributed by atoms with E-state index < -0.39 is 10.0 Å². The lowest BCUT2D eigenvalue weighted by Gasteiger charge is -2.31. The van der Waals surface area contributed by atoms with E-state index in [0.717, 1.165) is 32.2 Å². The molecule has 1 N–H and O–H groups in total.